The number of allylic oxidation sites excluding steroid dienone is 4. The largest absolute Gasteiger partial charge is 0.465 e. The fraction of sp³-hybridized carbons (Fsp3) is 0.167. The van der Waals surface area contributed by atoms with Gasteiger partial charge in [-0.25, -0.2) is 9.59 Å². The number of rotatable bonds is 2. The lowest BCUT2D eigenvalue weighted by Crippen LogP contribution is -2.05. The van der Waals surface area contributed by atoms with Gasteiger partial charge in [0.1, 0.15) is 0 Å². The Morgan fingerprint density at radius 3 is 1.56 bits per heavy atom. The normalized spacial score (nSPS) is 24.9. The highest BCUT2D eigenvalue weighted by Crippen LogP contribution is 2.08. The summed E-state index contributed by atoms with van der Waals surface area (Å²) < 4.78 is 9.16. The van der Waals surface area contributed by atoms with Gasteiger partial charge in [-0.2, -0.15) is 0 Å². The van der Waals surface area contributed by atoms with E-state index in [9.17, 15) is 9.59 Å². The predicted octanol–water partition coefficient (Wildman–Crippen LogP) is 1.31. The molecule has 4 heteroatoms. The minimum atomic E-state index is -0.452. The van der Waals surface area contributed by atoms with Gasteiger partial charge >= 0.3 is 11.9 Å². The molecule has 0 aromatic carbocycles. The second kappa shape index (κ2) is 5.70. The number of hydrogen-bond acceptors (Lipinski definition) is 4. The van der Waals surface area contributed by atoms with Crippen molar-refractivity contribution < 1.29 is 19.1 Å². The Balaban J connectivity index is 3.00. The van der Waals surface area contributed by atoms with Crippen molar-refractivity contribution in [2.24, 2.45) is 0 Å². The van der Waals surface area contributed by atoms with Crippen molar-refractivity contribution in [3.63, 3.8) is 0 Å². The number of ether oxygens (including phenoxy) is 2. The van der Waals surface area contributed by atoms with Gasteiger partial charge in [0.05, 0.1) is 25.4 Å². The fourth-order valence-electron chi connectivity index (χ4n) is 1.12. The molecular weight excluding hydrogens is 208 g/mol. The predicted molar refractivity (Wildman–Crippen MR) is 58.5 cm³/mol. The van der Waals surface area contributed by atoms with E-state index in [1.165, 1.54) is 26.4 Å². The van der Waals surface area contributed by atoms with Crippen LogP contribution < -0.4 is 0 Å². The van der Waals surface area contributed by atoms with Crippen molar-refractivity contribution in [2.75, 3.05) is 14.2 Å². The zero-order valence-electron chi connectivity index (χ0n) is 9.10. The van der Waals surface area contributed by atoms with E-state index < -0.39 is 11.9 Å². The zero-order chi connectivity index (χ0) is 12.0. The van der Waals surface area contributed by atoms with Crippen molar-refractivity contribution in [3.8, 4) is 0 Å². The van der Waals surface area contributed by atoms with E-state index in [-0.39, 0.29) is 0 Å². The molecule has 1 aliphatic carbocycles. The topological polar surface area (TPSA) is 52.6 Å². The van der Waals surface area contributed by atoms with E-state index in [1.54, 1.807) is 24.3 Å². The van der Waals surface area contributed by atoms with Gasteiger partial charge in [-0.1, -0.05) is 12.2 Å². The van der Waals surface area contributed by atoms with E-state index in [0.717, 1.165) is 0 Å². The van der Waals surface area contributed by atoms with Crippen LogP contribution in [-0.4, -0.2) is 26.2 Å². The van der Waals surface area contributed by atoms with Crippen LogP contribution in [0.1, 0.15) is 0 Å². The quantitative estimate of drug-likeness (QED) is 0.658. The first-order chi connectivity index (χ1) is 7.69. The summed E-state index contributed by atoms with van der Waals surface area (Å²) in [5.74, 6) is -0.904. The van der Waals surface area contributed by atoms with E-state index in [0.29, 0.717) is 11.1 Å². The van der Waals surface area contributed by atoms with Crippen LogP contribution in [0.3, 0.4) is 0 Å². The highest BCUT2D eigenvalue weighted by molar-refractivity contribution is 5.95. The second-order valence-corrected chi connectivity index (χ2v) is 2.95. The molecule has 0 saturated heterocycles. The van der Waals surface area contributed by atoms with Crippen molar-refractivity contribution in [1.29, 1.82) is 0 Å². The highest BCUT2D eigenvalue weighted by Gasteiger charge is 2.08. The van der Waals surface area contributed by atoms with Gasteiger partial charge in [0, 0.05) is 0 Å². The summed E-state index contributed by atoms with van der Waals surface area (Å²) in [6, 6.07) is 0. The maximum atomic E-state index is 11.3. The van der Waals surface area contributed by atoms with Gasteiger partial charge in [0.25, 0.3) is 0 Å². The Morgan fingerprint density at radius 2 is 1.25 bits per heavy atom. The maximum absolute atomic E-state index is 11.3. The number of carbonyl (C=O) groups excluding carboxylic acids is 2. The minimum Gasteiger partial charge on any atom is -0.465 e. The Morgan fingerprint density at radius 1 is 0.875 bits per heavy atom. The average molecular weight is 220 g/mol. The van der Waals surface area contributed by atoms with Crippen LogP contribution in [0.15, 0.2) is 47.6 Å². The molecule has 16 heavy (non-hydrogen) atoms. The molecule has 0 aromatic rings. The van der Waals surface area contributed by atoms with Gasteiger partial charge in [0.2, 0.25) is 0 Å². The summed E-state index contributed by atoms with van der Waals surface area (Å²) in [6.07, 6.45) is 9.54. The molecule has 0 N–H and O–H groups in total. The second-order valence-electron chi connectivity index (χ2n) is 2.95. The van der Waals surface area contributed by atoms with Crippen LogP contribution in [-0.2, 0) is 19.1 Å². The van der Waals surface area contributed by atoms with Gasteiger partial charge in [0.15, 0.2) is 0 Å². The molecule has 0 saturated carbocycles. The minimum absolute atomic E-state index is 0.369. The van der Waals surface area contributed by atoms with Crippen molar-refractivity contribution >= 4 is 11.9 Å². The zero-order valence-corrected chi connectivity index (χ0v) is 9.10. The Labute approximate surface area is 93.5 Å². The highest BCUT2D eigenvalue weighted by atomic mass is 16.5. The summed E-state index contributed by atoms with van der Waals surface area (Å²) in [6.45, 7) is 0. The monoisotopic (exact) mass is 220 g/mol. The van der Waals surface area contributed by atoms with Crippen LogP contribution in [0.4, 0.5) is 0 Å². The molecule has 0 spiro atoms. The molecule has 0 fully saturated rings. The van der Waals surface area contributed by atoms with Gasteiger partial charge < -0.3 is 9.47 Å². The van der Waals surface area contributed by atoms with E-state index >= 15 is 0 Å². The molecule has 0 atom stereocenters. The average Bonchev–Trinajstić information content (AvgIpc) is 2.27. The molecule has 0 aliphatic heterocycles. The summed E-state index contributed by atoms with van der Waals surface area (Å²) >= 11 is 0. The molecule has 0 amide bonds. The van der Waals surface area contributed by atoms with Crippen LogP contribution in [0.25, 0.3) is 0 Å². The molecule has 1 rings (SSSR count). The van der Waals surface area contributed by atoms with Crippen molar-refractivity contribution in [3.05, 3.63) is 47.6 Å². The smallest absolute Gasteiger partial charge is 0.337 e. The molecule has 0 radical (unpaired) electrons. The number of esters is 2. The Hall–Kier alpha value is -2.10. The SMILES string of the molecule is COC(=O)C1=C/C=C(C(=O)OC)\C=C/C=C\1. The summed E-state index contributed by atoms with van der Waals surface area (Å²) in [5.41, 5.74) is 0.738. The third kappa shape index (κ3) is 2.95. The van der Waals surface area contributed by atoms with Gasteiger partial charge in [-0.3, -0.25) is 0 Å². The van der Waals surface area contributed by atoms with Gasteiger partial charge in [-0.15, -0.1) is 0 Å². The number of methoxy groups -OCH3 is 2. The third-order valence-corrected chi connectivity index (χ3v) is 1.95. The lowest BCUT2D eigenvalue weighted by Gasteiger charge is -2.02. The van der Waals surface area contributed by atoms with Crippen LogP contribution in [0.5, 0.6) is 0 Å². The first kappa shape index (κ1) is 12.0. The third-order valence-electron chi connectivity index (χ3n) is 1.95. The number of hydrogen-bond donors (Lipinski definition) is 0. The molecule has 4 nitrogen and oxygen atoms in total. The first-order valence-corrected chi connectivity index (χ1v) is 4.62. The maximum Gasteiger partial charge on any atom is 0.337 e. The molecule has 1 aliphatic rings. The van der Waals surface area contributed by atoms with Gasteiger partial charge in [-0.05, 0) is 24.3 Å². The van der Waals surface area contributed by atoms with Crippen molar-refractivity contribution in [2.45, 2.75) is 0 Å². The summed E-state index contributed by atoms with van der Waals surface area (Å²) in [7, 11) is 2.60. The number of carbonyl (C=O) groups is 2. The van der Waals surface area contributed by atoms with Crippen LogP contribution >= 0.6 is 0 Å². The molecule has 0 aromatic heterocycles. The Bertz CT molecular complexity index is 371. The standard InChI is InChI=1S/C12H12O4/c1-15-11(13)9-5-3-4-6-10(8-7-9)12(14)16-2/h3-8H,1-2H3/b4-3?,5-3-,6-4-,8-7?,9-5?,9-7+,10-6?,10-8+. The summed E-state index contributed by atoms with van der Waals surface area (Å²) in [5, 5.41) is 0. The summed E-state index contributed by atoms with van der Waals surface area (Å²) in [4.78, 5) is 22.5. The van der Waals surface area contributed by atoms with Crippen LogP contribution in [0, 0.1) is 0 Å². The molecule has 0 unspecified atom stereocenters. The lowest BCUT2D eigenvalue weighted by molar-refractivity contribution is -0.136. The fourth-order valence-corrected chi connectivity index (χ4v) is 1.12. The first-order valence-electron chi connectivity index (χ1n) is 4.62. The molecule has 84 valence electrons. The Kier molecular flexibility index (Phi) is 4.27. The molecule has 0 bridgehead atoms. The van der Waals surface area contributed by atoms with Crippen LogP contribution in [0.2, 0.25) is 0 Å². The molecule has 0 heterocycles. The van der Waals surface area contributed by atoms with E-state index in [2.05, 4.69) is 9.47 Å². The lowest BCUT2D eigenvalue weighted by atomic mass is 10.1. The van der Waals surface area contributed by atoms with E-state index in [1.807, 2.05) is 0 Å². The van der Waals surface area contributed by atoms with E-state index in [4.69, 9.17) is 0 Å². The van der Waals surface area contributed by atoms with Crippen molar-refractivity contribution in [1.82, 2.24) is 0 Å². The molecular formula is C12H12O4.